The van der Waals surface area contributed by atoms with Crippen molar-refractivity contribution in [2.45, 2.75) is 57.8 Å². The van der Waals surface area contributed by atoms with E-state index < -0.39 is 0 Å². The van der Waals surface area contributed by atoms with Gasteiger partial charge in [-0.1, -0.05) is 32.1 Å². The molecule has 2 saturated heterocycles. The van der Waals surface area contributed by atoms with Crippen LogP contribution in [0.25, 0.3) is 0 Å². The number of piperazine rings is 1. The zero-order valence-corrected chi connectivity index (χ0v) is 16.7. The summed E-state index contributed by atoms with van der Waals surface area (Å²) in [5.41, 5.74) is -0.145. The summed E-state index contributed by atoms with van der Waals surface area (Å²) in [7, 11) is 0. The van der Waals surface area contributed by atoms with Crippen LogP contribution in [0, 0.1) is 17.3 Å². The number of hydrogen-bond acceptors (Lipinski definition) is 3. The van der Waals surface area contributed by atoms with Gasteiger partial charge >= 0.3 is 0 Å². The second kappa shape index (κ2) is 8.47. The van der Waals surface area contributed by atoms with E-state index in [9.17, 15) is 9.59 Å². The minimum absolute atomic E-state index is 0. The third kappa shape index (κ3) is 3.62. The highest BCUT2D eigenvalue weighted by molar-refractivity contribution is 5.85. The number of rotatable bonds is 2. The summed E-state index contributed by atoms with van der Waals surface area (Å²) in [4.78, 5) is 30.1. The van der Waals surface area contributed by atoms with Crippen LogP contribution >= 0.6 is 12.4 Å². The van der Waals surface area contributed by atoms with Gasteiger partial charge < -0.3 is 15.1 Å². The minimum atomic E-state index is -0.145. The van der Waals surface area contributed by atoms with Gasteiger partial charge in [-0.05, 0) is 38.1 Å². The van der Waals surface area contributed by atoms with Gasteiger partial charge in [-0.25, -0.2) is 0 Å². The molecule has 2 aliphatic heterocycles. The lowest BCUT2D eigenvalue weighted by molar-refractivity contribution is -0.151. The average molecular weight is 384 g/mol. The van der Waals surface area contributed by atoms with E-state index >= 15 is 0 Å². The smallest absolute Gasteiger partial charge is 0.230 e. The number of fused-ring (bicyclic) bond motifs is 1. The maximum Gasteiger partial charge on any atom is 0.230 e. The first-order valence-electron chi connectivity index (χ1n) is 10.5. The number of carbonyl (C=O) groups is 2. The predicted molar refractivity (Wildman–Crippen MR) is 104 cm³/mol. The molecule has 0 unspecified atom stereocenters. The molecule has 26 heavy (non-hydrogen) atoms. The molecule has 0 aromatic rings. The van der Waals surface area contributed by atoms with Gasteiger partial charge in [0.25, 0.3) is 0 Å². The summed E-state index contributed by atoms with van der Waals surface area (Å²) in [6.07, 6.45) is 10.5. The maximum absolute atomic E-state index is 13.3. The molecule has 0 radical (unpaired) electrons. The first-order valence-corrected chi connectivity index (χ1v) is 10.5. The zero-order valence-electron chi connectivity index (χ0n) is 15.9. The third-order valence-corrected chi connectivity index (χ3v) is 7.30. The molecule has 5 nitrogen and oxygen atoms in total. The fraction of sp³-hybridized carbons (Fsp3) is 0.900. The molecule has 4 rings (SSSR count). The molecule has 0 spiro atoms. The van der Waals surface area contributed by atoms with Gasteiger partial charge in [-0.15, -0.1) is 12.4 Å². The molecule has 0 aromatic heterocycles. The molecular formula is C20H34ClN3O2. The fourth-order valence-corrected chi connectivity index (χ4v) is 5.72. The van der Waals surface area contributed by atoms with Crippen molar-refractivity contribution in [2.24, 2.45) is 17.3 Å². The Hall–Kier alpha value is -0.810. The molecule has 148 valence electrons. The molecule has 6 heteroatoms. The fourth-order valence-electron chi connectivity index (χ4n) is 5.72. The van der Waals surface area contributed by atoms with Gasteiger partial charge in [-0.3, -0.25) is 9.59 Å². The topological polar surface area (TPSA) is 52.7 Å². The Morgan fingerprint density at radius 3 is 2.23 bits per heavy atom. The molecule has 0 bridgehead atoms. The van der Waals surface area contributed by atoms with Gasteiger partial charge in [0.2, 0.25) is 11.8 Å². The molecule has 0 aromatic carbocycles. The van der Waals surface area contributed by atoms with E-state index in [1.54, 1.807) is 0 Å². The molecule has 2 amide bonds. The predicted octanol–water partition coefficient (Wildman–Crippen LogP) is 2.44. The molecule has 1 N–H and O–H groups in total. The highest BCUT2D eigenvalue weighted by Crippen LogP contribution is 2.45. The minimum Gasteiger partial charge on any atom is -0.339 e. The summed E-state index contributed by atoms with van der Waals surface area (Å²) in [5.74, 6) is 1.49. The van der Waals surface area contributed by atoms with Gasteiger partial charge in [0.05, 0.1) is 5.41 Å². The normalized spacial score (nSPS) is 32.7. The number of carbonyl (C=O) groups excluding carboxylic acids is 2. The third-order valence-electron chi connectivity index (χ3n) is 7.30. The van der Waals surface area contributed by atoms with Gasteiger partial charge in [0.1, 0.15) is 0 Å². The maximum atomic E-state index is 13.3. The van der Waals surface area contributed by atoms with Crippen molar-refractivity contribution in [1.29, 1.82) is 0 Å². The van der Waals surface area contributed by atoms with Crippen molar-refractivity contribution < 1.29 is 9.59 Å². The Morgan fingerprint density at radius 2 is 1.50 bits per heavy atom. The highest BCUT2D eigenvalue weighted by atomic mass is 35.5. The van der Waals surface area contributed by atoms with Crippen molar-refractivity contribution in [1.82, 2.24) is 15.1 Å². The van der Waals surface area contributed by atoms with Crippen LogP contribution in [-0.2, 0) is 9.59 Å². The van der Waals surface area contributed by atoms with Crippen molar-refractivity contribution in [3.8, 4) is 0 Å². The summed E-state index contributed by atoms with van der Waals surface area (Å²) < 4.78 is 0. The van der Waals surface area contributed by atoms with Crippen LogP contribution in [0.4, 0.5) is 0 Å². The quantitative estimate of drug-likeness (QED) is 0.796. The largest absolute Gasteiger partial charge is 0.339 e. The number of amides is 2. The molecule has 2 heterocycles. The van der Waals surface area contributed by atoms with Crippen LogP contribution in [-0.4, -0.2) is 60.9 Å². The molecule has 2 aliphatic carbocycles. The zero-order chi connectivity index (χ0) is 17.3. The SMILES string of the molecule is Cl.O=C(C1CCCCC1)N1CCN(C(=O)[C@@]23CCCC[C@H]2CNC3)CC1. The number of nitrogens with zero attached hydrogens (tertiary/aromatic N) is 2. The highest BCUT2D eigenvalue weighted by Gasteiger charge is 2.51. The molecule has 2 saturated carbocycles. The Balaban J connectivity index is 0.00000196. The first kappa shape index (κ1) is 19.9. The number of nitrogens with one attached hydrogen (secondary N) is 1. The molecular weight excluding hydrogens is 350 g/mol. The number of halogens is 1. The summed E-state index contributed by atoms with van der Waals surface area (Å²) in [5, 5.41) is 3.48. The van der Waals surface area contributed by atoms with Gasteiger partial charge in [0.15, 0.2) is 0 Å². The monoisotopic (exact) mass is 383 g/mol. The van der Waals surface area contributed by atoms with E-state index in [1.165, 1.54) is 38.5 Å². The van der Waals surface area contributed by atoms with Crippen molar-refractivity contribution in [2.75, 3.05) is 39.3 Å². The van der Waals surface area contributed by atoms with Crippen molar-refractivity contribution in [3.63, 3.8) is 0 Å². The lowest BCUT2D eigenvalue weighted by atomic mass is 9.67. The summed E-state index contributed by atoms with van der Waals surface area (Å²) in [6, 6.07) is 0. The Labute approximate surface area is 163 Å². The van der Waals surface area contributed by atoms with Gasteiger partial charge in [0, 0.05) is 38.6 Å². The van der Waals surface area contributed by atoms with Crippen LogP contribution in [0.5, 0.6) is 0 Å². The first-order chi connectivity index (χ1) is 12.2. The van der Waals surface area contributed by atoms with E-state index in [-0.39, 0.29) is 23.7 Å². The molecule has 2 atom stereocenters. The van der Waals surface area contributed by atoms with E-state index in [4.69, 9.17) is 0 Å². The lowest BCUT2D eigenvalue weighted by Gasteiger charge is -2.44. The van der Waals surface area contributed by atoms with E-state index in [0.717, 1.165) is 58.5 Å². The average Bonchev–Trinajstić information content (AvgIpc) is 3.13. The van der Waals surface area contributed by atoms with Crippen LogP contribution in [0.15, 0.2) is 0 Å². The Kier molecular flexibility index (Phi) is 6.50. The van der Waals surface area contributed by atoms with E-state index in [0.29, 0.717) is 17.7 Å². The summed E-state index contributed by atoms with van der Waals surface area (Å²) >= 11 is 0. The Morgan fingerprint density at radius 1 is 0.846 bits per heavy atom. The van der Waals surface area contributed by atoms with Gasteiger partial charge in [-0.2, -0.15) is 0 Å². The van der Waals surface area contributed by atoms with Crippen molar-refractivity contribution in [3.05, 3.63) is 0 Å². The standard InChI is InChI=1S/C20H33N3O2.ClH/c24-18(16-6-2-1-3-7-16)22-10-12-23(13-11-22)19(25)20-9-5-4-8-17(20)14-21-15-20;/h16-17,21H,1-15H2;1H/t17-,20+;/m0./s1. The van der Waals surface area contributed by atoms with Crippen molar-refractivity contribution >= 4 is 24.2 Å². The van der Waals surface area contributed by atoms with Crippen LogP contribution in [0.1, 0.15) is 57.8 Å². The molecule has 4 fully saturated rings. The second-order valence-corrected chi connectivity index (χ2v) is 8.68. The molecule has 4 aliphatic rings. The van der Waals surface area contributed by atoms with Crippen LogP contribution in [0.2, 0.25) is 0 Å². The number of hydrogen-bond donors (Lipinski definition) is 1. The summed E-state index contributed by atoms with van der Waals surface area (Å²) in [6.45, 7) is 4.78. The second-order valence-electron chi connectivity index (χ2n) is 8.68. The lowest BCUT2D eigenvalue weighted by Crippen LogP contribution is -2.57. The van der Waals surface area contributed by atoms with E-state index in [2.05, 4.69) is 10.2 Å². The van der Waals surface area contributed by atoms with Crippen LogP contribution in [0.3, 0.4) is 0 Å². The van der Waals surface area contributed by atoms with Crippen LogP contribution < -0.4 is 5.32 Å². The Bertz CT molecular complexity index is 515. The van der Waals surface area contributed by atoms with E-state index in [1.807, 2.05) is 4.90 Å².